The van der Waals surface area contributed by atoms with E-state index in [9.17, 15) is 27.2 Å². The lowest BCUT2D eigenvalue weighted by molar-refractivity contribution is -0.142. The molecule has 1 saturated carbocycles. The van der Waals surface area contributed by atoms with E-state index in [-0.39, 0.29) is 12.1 Å². The first-order valence-electron chi connectivity index (χ1n) is 10.4. The molecule has 1 fully saturated rings. The van der Waals surface area contributed by atoms with Crippen molar-refractivity contribution in [2.75, 3.05) is 12.4 Å². The number of alkyl halides is 3. The van der Waals surface area contributed by atoms with Crippen molar-refractivity contribution in [1.29, 1.82) is 0 Å². The number of esters is 1. The topological polar surface area (TPSA) is 55.4 Å². The monoisotopic (exact) mass is 453 g/mol. The molecule has 0 aliphatic heterocycles. The molecule has 0 radical (unpaired) electrons. The Labute approximate surface area is 185 Å². The minimum atomic E-state index is -4.45. The molecule has 1 N–H and O–H groups in total. The Morgan fingerprint density at radius 3 is 2.25 bits per heavy atom. The van der Waals surface area contributed by atoms with E-state index in [1.165, 1.54) is 24.8 Å². The van der Waals surface area contributed by atoms with Gasteiger partial charge >= 0.3 is 12.1 Å². The normalized spacial score (nSPS) is 14.1. The standard InChI is InChI=1S/C16H17F4NO3.C8H10/c1-24-14(23)9-15(6-7-15)10-2-3-11(17)12(8-10)21-13(22)4-5-16(18,19)20;1-2-8-6-4-3-5-7-8/h2-3,8H,4-7,9H2,1H3,(H,21,22);3-7H,2H2,1H3. The highest BCUT2D eigenvalue weighted by Crippen LogP contribution is 2.51. The highest BCUT2D eigenvalue weighted by Gasteiger charge is 2.46. The summed E-state index contributed by atoms with van der Waals surface area (Å²) in [5.74, 6) is -2.05. The van der Waals surface area contributed by atoms with Crippen molar-refractivity contribution in [2.45, 2.75) is 57.0 Å². The second-order valence-electron chi connectivity index (χ2n) is 7.73. The molecule has 0 spiro atoms. The van der Waals surface area contributed by atoms with E-state index >= 15 is 0 Å². The zero-order chi connectivity index (χ0) is 23.8. The zero-order valence-corrected chi connectivity index (χ0v) is 18.1. The molecule has 174 valence electrons. The number of anilines is 1. The predicted molar refractivity (Wildman–Crippen MR) is 114 cm³/mol. The Morgan fingerprint density at radius 1 is 1.09 bits per heavy atom. The van der Waals surface area contributed by atoms with Gasteiger partial charge in [0.15, 0.2) is 0 Å². The van der Waals surface area contributed by atoms with E-state index in [2.05, 4.69) is 41.2 Å². The minimum absolute atomic E-state index is 0.136. The summed E-state index contributed by atoms with van der Waals surface area (Å²) in [6.07, 6.45) is -3.79. The lowest BCUT2D eigenvalue weighted by Crippen LogP contribution is -2.18. The van der Waals surface area contributed by atoms with Crippen LogP contribution in [0.15, 0.2) is 48.5 Å². The second kappa shape index (κ2) is 11.1. The molecule has 0 bridgehead atoms. The van der Waals surface area contributed by atoms with Crippen molar-refractivity contribution in [2.24, 2.45) is 0 Å². The molecule has 0 aromatic heterocycles. The highest BCUT2D eigenvalue weighted by molar-refractivity contribution is 5.91. The van der Waals surface area contributed by atoms with Crippen molar-refractivity contribution in [3.63, 3.8) is 0 Å². The molecule has 32 heavy (non-hydrogen) atoms. The van der Waals surface area contributed by atoms with Gasteiger partial charge in [0.1, 0.15) is 5.82 Å². The summed E-state index contributed by atoms with van der Waals surface area (Å²) < 4.78 is 54.8. The summed E-state index contributed by atoms with van der Waals surface area (Å²) in [6.45, 7) is 2.16. The van der Waals surface area contributed by atoms with Crippen LogP contribution in [0.4, 0.5) is 23.2 Å². The first-order chi connectivity index (χ1) is 15.1. The number of benzene rings is 2. The van der Waals surface area contributed by atoms with Crippen molar-refractivity contribution in [1.82, 2.24) is 0 Å². The van der Waals surface area contributed by atoms with Gasteiger partial charge < -0.3 is 10.1 Å². The Hall–Kier alpha value is -2.90. The Kier molecular flexibility index (Phi) is 8.80. The summed E-state index contributed by atoms with van der Waals surface area (Å²) in [4.78, 5) is 23.0. The summed E-state index contributed by atoms with van der Waals surface area (Å²) in [5.41, 5.74) is 1.43. The number of aryl methyl sites for hydroxylation is 1. The molecule has 3 rings (SSSR count). The maximum absolute atomic E-state index is 13.8. The smallest absolute Gasteiger partial charge is 0.389 e. The SMILES string of the molecule is CCc1ccccc1.COC(=O)CC1(c2ccc(F)c(NC(=O)CCC(F)(F)F)c2)CC1. The van der Waals surface area contributed by atoms with Crippen LogP contribution in [-0.2, 0) is 26.2 Å². The van der Waals surface area contributed by atoms with E-state index in [4.69, 9.17) is 0 Å². The third kappa shape index (κ3) is 7.98. The first-order valence-corrected chi connectivity index (χ1v) is 10.4. The molecule has 1 aliphatic rings. The van der Waals surface area contributed by atoms with Gasteiger partial charge in [-0.3, -0.25) is 9.59 Å². The zero-order valence-electron chi connectivity index (χ0n) is 18.1. The van der Waals surface area contributed by atoms with Gasteiger partial charge in [0, 0.05) is 11.8 Å². The summed E-state index contributed by atoms with van der Waals surface area (Å²) >= 11 is 0. The number of hydrogen-bond acceptors (Lipinski definition) is 3. The van der Waals surface area contributed by atoms with Crippen molar-refractivity contribution >= 4 is 17.6 Å². The molecule has 2 aromatic carbocycles. The Morgan fingerprint density at radius 2 is 1.75 bits per heavy atom. The van der Waals surface area contributed by atoms with E-state index < -0.39 is 42.1 Å². The van der Waals surface area contributed by atoms with Crippen molar-refractivity contribution < 1.29 is 31.9 Å². The largest absolute Gasteiger partial charge is 0.469 e. The van der Waals surface area contributed by atoms with Gasteiger partial charge in [-0.1, -0.05) is 43.3 Å². The lowest BCUT2D eigenvalue weighted by atomic mass is 9.92. The number of nitrogens with one attached hydrogen (secondary N) is 1. The van der Waals surface area contributed by atoms with Crippen molar-refractivity contribution in [3.05, 3.63) is 65.5 Å². The molecule has 2 aromatic rings. The fourth-order valence-corrected chi connectivity index (χ4v) is 3.20. The average molecular weight is 453 g/mol. The van der Waals surface area contributed by atoms with Crippen LogP contribution in [-0.4, -0.2) is 25.2 Å². The van der Waals surface area contributed by atoms with Gasteiger partial charge in [0.05, 0.1) is 25.6 Å². The van der Waals surface area contributed by atoms with Gasteiger partial charge in [0.25, 0.3) is 0 Å². The van der Waals surface area contributed by atoms with E-state index in [0.29, 0.717) is 5.56 Å². The molecule has 0 saturated heterocycles. The number of halogens is 4. The van der Waals surface area contributed by atoms with Gasteiger partial charge in [0.2, 0.25) is 5.91 Å². The Bertz CT molecular complexity index is 909. The fourth-order valence-electron chi connectivity index (χ4n) is 3.20. The van der Waals surface area contributed by atoms with Crippen LogP contribution in [0.5, 0.6) is 0 Å². The average Bonchev–Trinajstić information content (AvgIpc) is 3.54. The number of rotatable bonds is 7. The maximum atomic E-state index is 13.8. The van der Waals surface area contributed by atoms with Gasteiger partial charge in [-0.2, -0.15) is 13.2 Å². The van der Waals surface area contributed by atoms with E-state index in [0.717, 1.165) is 25.3 Å². The quantitative estimate of drug-likeness (QED) is 0.416. The number of methoxy groups -OCH3 is 1. The van der Waals surface area contributed by atoms with E-state index in [1.54, 1.807) is 0 Å². The molecular weight excluding hydrogens is 426 g/mol. The molecular formula is C24H27F4NO3. The number of amides is 1. The van der Waals surface area contributed by atoms with Gasteiger partial charge in [-0.05, 0) is 42.5 Å². The minimum Gasteiger partial charge on any atom is -0.469 e. The van der Waals surface area contributed by atoms with Crippen LogP contribution in [0.3, 0.4) is 0 Å². The molecule has 1 aliphatic carbocycles. The Balaban J connectivity index is 0.000000380. The maximum Gasteiger partial charge on any atom is 0.389 e. The van der Waals surface area contributed by atoms with Crippen LogP contribution in [0.2, 0.25) is 0 Å². The van der Waals surface area contributed by atoms with Crippen molar-refractivity contribution in [3.8, 4) is 0 Å². The molecule has 0 heterocycles. The predicted octanol–water partition coefficient (Wildman–Crippen LogP) is 5.95. The summed E-state index contributed by atoms with van der Waals surface area (Å²) in [7, 11) is 1.27. The van der Waals surface area contributed by atoms with E-state index in [1.807, 2.05) is 6.07 Å². The second-order valence-corrected chi connectivity index (χ2v) is 7.73. The highest BCUT2D eigenvalue weighted by atomic mass is 19.4. The van der Waals surface area contributed by atoms with Crippen LogP contribution < -0.4 is 5.32 Å². The number of carbonyl (C=O) groups excluding carboxylic acids is 2. The number of ether oxygens (including phenoxy) is 1. The van der Waals surface area contributed by atoms with Crippen LogP contribution in [0.1, 0.15) is 50.2 Å². The van der Waals surface area contributed by atoms with Gasteiger partial charge in [-0.15, -0.1) is 0 Å². The molecule has 8 heteroatoms. The van der Waals surface area contributed by atoms with Crippen LogP contribution >= 0.6 is 0 Å². The summed E-state index contributed by atoms with van der Waals surface area (Å²) in [6, 6.07) is 14.5. The van der Waals surface area contributed by atoms with Crippen LogP contribution in [0.25, 0.3) is 0 Å². The lowest BCUT2D eigenvalue weighted by Gasteiger charge is -2.16. The number of hydrogen-bond donors (Lipinski definition) is 1. The summed E-state index contributed by atoms with van der Waals surface area (Å²) in [5, 5.41) is 2.16. The molecule has 4 nitrogen and oxygen atoms in total. The van der Waals surface area contributed by atoms with Gasteiger partial charge in [-0.25, -0.2) is 4.39 Å². The third-order valence-corrected chi connectivity index (χ3v) is 5.30. The first kappa shape index (κ1) is 25.4. The van der Waals surface area contributed by atoms with Crippen LogP contribution in [0, 0.1) is 5.82 Å². The number of carbonyl (C=O) groups is 2. The molecule has 0 atom stereocenters. The fraction of sp³-hybridized carbons (Fsp3) is 0.417. The third-order valence-electron chi connectivity index (χ3n) is 5.30. The molecule has 0 unspecified atom stereocenters. The molecule has 1 amide bonds.